The van der Waals surface area contributed by atoms with Gasteiger partial charge in [-0.3, -0.25) is 9.36 Å². The van der Waals surface area contributed by atoms with Crippen molar-refractivity contribution in [2.24, 2.45) is 11.8 Å². The number of hydrogen-bond acceptors (Lipinski definition) is 7. The van der Waals surface area contributed by atoms with E-state index in [1.165, 1.54) is 4.57 Å². The molecule has 0 amide bonds. The topological polar surface area (TPSA) is 127 Å². The molecular formula is C18H24FN5O4. The maximum absolute atomic E-state index is 14.9. The smallest absolute Gasteiger partial charge is 0.351 e. The molecule has 2 atom stereocenters. The Morgan fingerprint density at radius 2 is 1.75 bits per heavy atom. The first-order valence-electron chi connectivity index (χ1n) is 9.55. The molecular weight excluding hydrogens is 369 g/mol. The minimum atomic E-state index is -0.771. The Morgan fingerprint density at radius 3 is 2.29 bits per heavy atom. The molecule has 10 heteroatoms. The fourth-order valence-electron chi connectivity index (χ4n) is 4.22. The van der Waals surface area contributed by atoms with Crippen molar-refractivity contribution in [1.82, 2.24) is 14.2 Å². The van der Waals surface area contributed by atoms with E-state index in [2.05, 4.69) is 4.98 Å². The van der Waals surface area contributed by atoms with Gasteiger partial charge in [0.2, 0.25) is 0 Å². The van der Waals surface area contributed by atoms with Crippen molar-refractivity contribution in [3.63, 3.8) is 0 Å². The molecule has 1 saturated heterocycles. The number of aromatic nitrogens is 3. The van der Waals surface area contributed by atoms with Crippen LogP contribution in [0.25, 0.3) is 11.0 Å². The molecule has 2 aromatic heterocycles. The van der Waals surface area contributed by atoms with E-state index < -0.39 is 17.1 Å². The number of aliphatic hydroxyl groups is 2. The van der Waals surface area contributed by atoms with Gasteiger partial charge in [-0.15, -0.1) is 0 Å². The van der Waals surface area contributed by atoms with Crippen LogP contribution in [0.3, 0.4) is 0 Å². The second-order valence-corrected chi connectivity index (χ2v) is 7.67. The van der Waals surface area contributed by atoms with Crippen LogP contribution >= 0.6 is 0 Å². The summed E-state index contributed by atoms with van der Waals surface area (Å²) in [5.74, 6) is 5.23. The number of fused-ring (bicyclic) bond motifs is 1. The van der Waals surface area contributed by atoms with Crippen molar-refractivity contribution in [2.45, 2.75) is 31.7 Å². The molecule has 0 bridgehead atoms. The second kappa shape index (κ2) is 7.17. The van der Waals surface area contributed by atoms with Gasteiger partial charge in [0.05, 0.1) is 5.39 Å². The quantitative estimate of drug-likeness (QED) is 0.568. The Morgan fingerprint density at radius 1 is 1.14 bits per heavy atom. The normalized spacial score (nSPS) is 22.3. The molecule has 2 aromatic rings. The predicted octanol–water partition coefficient (Wildman–Crippen LogP) is -0.437. The second-order valence-electron chi connectivity index (χ2n) is 7.67. The average Bonchev–Trinajstić information content (AvgIpc) is 3.43. The van der Waals surface area contributed by atoms with Crippen LogP contribution in [0.5, 0.6) is 0 Å². The largest absolute Gasteiger partial charge is 0.396 e. The summed E-state index contributed by atoms with van der Waals surface area (Å²) in [6, 6.07) is 1.02. The summed E-state index contributed by atoms with van der Waals surface area (Å²) in [4.78, 5) is 31.0. The lowest BCUT2D eigenvalue weighted by molar-refractivity contribution is 0.210. The molecule has 2 aliphatic rings. The molecule has 0 aromatic carbocycles. The number of nitrogen functional groups attached to an aromatic ring is 1. The van der Waals surface area contributed by atoms with Gasteiger partial charge in [-0.1, -0.05) is 0 Å². The lowest BCUT2D eigenvalue weighted by atomic mass is 9.91. The Kier molecular flexibility index (Phi) is 4.84. The molecule has 1 aliphatic carbocycles. The van der Waals surface area contributed by atoms with Crippen molar-refractivity contribution in [3.8, 4) is 0 Å². The summed E-state index contributed by atoms with van der Waals surface area (Å²) >= 11 is 0. The van der Waals surface area contributed by atoms with Crippen LogP contribution in [-0.4, -0.2) is 50.7 Å². The third-order valence-corrected chi connectivity index (χ3v) is 5.81. The lowest BCUT2D eigenvalue weighted by Gasteiger charge is -2.20. The number of rotatable bonds is 6. The van der Waals surface area contributed by atoms with Crippen LogP contribution < -0.4 is 22.0 Å². The third kappa shape index (κ3) is 3.06. The Bertz CT molecular complexity index is 1000. The first-order chi connectivity index (χ1) is 13.5. The Hall–Kier alpha value is -2.46. The number of anilines is 1. The molecule has 4 rings (SSSR count). The zero-order valence-electron chi connectivity index (χ0n) is 15.4. The molecule has 3 heterocycles. The number of halogens is 1. The lowest BCUT2D eigenvalue weighted by Crippen LogP contribution is -2.45. The van der Waals surface area contributed by atoms with E-state index in [1.54, 1.807) is 4.90 Å². The minimum Gasteiger partial charge on any atom is -0.396 e. The van der Waals surface area contributed by atoms with Crippen LogP contribution in [0.4, 0.5) is 10.2 Å². The molecule has 0 radical (unpaired) electrons. The summed E-state index contributed by atoms with van der Waals surface area (Å²) in [5, 5.41) is 18.6. The number of nitrogens with zero attached hydrogens (tertiary/aromatic N) is 4. The first kappa shape index (κ1) is 18.9. The molecule has 1 aliphatic heterocycles. The highest BCUT2D eigenvalue weighted by atomic mass is 19.1. The van der Waals surface area contributed by atoms with E-state index in [0.29, 0.717) is 30.6 Å². The fraction of sp³-hybridized carbons (Fsp3) is 0.611. The summed E-state index contributed by atoms with van der Waals surface area (Å²) in [6.07, 6.45) is 2.67. The summed E-state index contributed by atoms with van der Waals surface area (Å²) in [7, 11) is 0. The van der Waals surface area contributed by atoms with E-state index >= 15 is 0 Å². The van der Waals surface area contributed by atoms with Crippen LogP contribution in [0.2, 0.25) is 0 Å². The van der Waals surface area contributed by atoms with E-state index in [-0.39, 0.29) is 47.9 Å². The molecule has 152 valence electrons. The van der Waals surface area contributed by atoms with E-state index in [0.717, 1.165) is 18.9 Å². The fourth-order valence-corrected chi connectivity index (χ4v) is 4.22. The summed E-state index contributed by atoms with van der Waals surface area (Å²) in [5.41, 5.74) is -1.27. The van der Waals surface area contributed by atoms with Crippen molar-refractivity contribution in [1.29, 1.82) is 0 Å². The Balaban J connectivity index is 1.81. The molecule has 1 saturated carbocycles. The van der Waals surface area contributed by atoms with Crippen molar-refractivity contribution in [3.05, 3.63) is 32.7 Å². The maximum Gasteiger partial charge on any atom is 0.351 e. The van der Waals surface area contributed by atoms with Gasteiger partial charge >= 0.3 is 5.69 Å². The molecule has 28 heavy (non-hydrogen) atoms. The maximum atomic E-state index is 14.9. The SMILES string of the molecule is Nn1c(=O)c2cc(F)c(N3C[C@@H](CCO)[C@@H](CCO)C3)nc2n(C2CC2)c1=O. The molecule has 4 N–H and O–H groups in total. The van der Waals surface area contributed by atoms with Gasteiger partial charge < -0.3 is 21.0 Å². The van der Waals surface area contributed by atoms with Crippen molar-refractivity contribution >= 4 is 16.9 Å². The number of hydrogen-bond donors (Lipinski definition) is 3. The van der Waals surface area contributed by atoms with Crippen molar-refractivity contribution in [2.75, 3.05) is 37.0 Å². The monoisotopic (exact) mass is 393 g/mol. The molecule has 2 fully saturated rings. The third-order valence-electron chi connectivity index (χ3n) is 5.81. The highest BCUT2D eigenvalue weighted by Gasteiger charge is 2.35. The van der Waals surface area contributed by atoms with Gasteiger partial charge in [-0.05, 0) is 43.6 Å². The standard InChI is InChI=1S/C18H24FN5O4/c19-14-7-13-15(23(12-1-2-12)18(28)24(20)17(13)27)21-16(14)22-8-10(3-5-25)11(9-22)4-6-26/h7,10-12,25-26H,1-6,8-9,20H2/t10-,11+. The zero-order valence-corrected chi connectivity index (χ0v) is 15.4. The minimum absolute atomic E-state index is 0.0192. The van der Waals surface area contributed by atoms with E-state index in [4.69, 9.17) is 5.84 Å². The van der Waals surface area contributed by atoms with E-state index in [1.807, 2.05) is 0 Å². The van der Waals surface area contributed by atoms with Crippen LogP contribution in [-0.2, 0) is 0 Å². The number of pyridine rings is 1. The van der Waals surface area contributed by atoms with Gasteiger partial charge in [0.25, 0.3) is 5.56 Å². The molecule has 0 spiro atoms. The van der Waals surface area contributed by atoms with Gasteiger partial charge in [-0.25, -0.2) is 14.2 Å². The van der Waals surface area contributed by atoms with Crippen LogP contribution in [0.1, 0.15) is 31.7 Å². The highest BCUT2D eigenvalue weighted by molar-refractivity contribution is 5.77. The number of aliphatic hydroxyl groups excluding tert-OH is 2. The van der Waals surface area contributed by atoms with Gasteiger partial charge in [0, 0.05) is 32.3 Å². The first-order valence-corrected chi connectivity index (χ1v) is 9.55. The van der Waals surface area contributed by atoms with Crippen molar-refractivity contribution < 1.29 is 14.6 Å². The van der Waals surface area contributed by atoms with Gasteiger partial charge in [0.15, 0.2) is 17.3 Å². The van der Waals surface area contributed by atoms with Crippen LogP contribution in [0.15, 0.2) is 15.7 Å². The zero-order chi connectivity index (χ0) is 20.0. The summed E-state index contributed by atoms with van der Waals surface area (Å²) in [6.45, 7) is 1.02. The number of nitrogens with two attached hydrogens (primary N) is 1. The molecule has 9 nitrogen and oxygen atoms in total. The Labute approximate surface area is 159 Å². The average molecular weight is 393 g/mol. The highest BCUT2D eigenvalue weighted by Crippen LogP contribution is 2.36. The van der Waals surface area contributed by atoms with Gasteiger partial charge in [-0.2, -0.15) is 4.68 Å². The predicted molar refractivity (Wildman–Crippen MR) is 101 cm³/mol. The molecule has 0 unspecified atom stereocenters. The van der Waals surface area contributed by atoms with E-state index in [9.17, 15) is 24.2 Å². The van der Waals surface area contributed by atoms with Crippen LogP contribution in [0, 0.1) is 17.7 Å². The summed E-state index contributed by atoms with van der Waals surface area (Å²) < 4.78 is 16.8. The van der Waals surface area contributed by atoms with Gasteiger partial charge in [0.1, 0.15) is 0 Å².